The summed E-state index contributed by atoms with van der Waals surface area (Å²) >= 11 is 0. The van der Waals surface area contributed by atoms with Gasteiger partial charge >= 0.3 is 5.97 Å². The summed E-state index contributed by atoms with van der Waals surface area (Å²) in [5, 5.41) is 33.6. The van der Waals surface area contributed by atoms with Gasteiger partial charge in [-0.05, 0) is 65.9 Å². The van der Waals surface area contributed by atoms with E-state index in [1.165, 1.54) is 18.2 Å². The van der Waals surface area contributed by atoms with Gasteiger partial charge in [-0.1, -0.05) is 31.2 Å². The molecular formula is C28H28N4O6. The number of H-pyrrole nitrogens is 1. The first kappa shape index (κ1) is 26.3. The highest BCUT2D eigenvalue weighted by Crippen LogP contribution is 2.29. The molecule has 4 aromatic rings. The molecule has 0 aliphatic carbocycles. The van der Waals surface area contributed by atoms with Crippen molar-refractivity contribution in [1.82, 2.24) is 20.6 Å². The van der Waals surface area contributed by atoms with Gasteiger partial charge in [-0.25, -0.2) is 4.79 Å². The molecular weight excluding hydrogens is 488 g/mol. The van der Waals surface area contributed by atoms with Gasteiger partial charge in [-0.2, -0.15) is 5.21 Å². The molecule has 0 saturated carbocycles. The quantitative estimate of drug-likeness (QED) is 0.235. The number of phenols is 1. The number of benzene rings is 3. The second-order valence-electron chi connectivity index (χ2n) is 9.15. The average Bonchev–Trinajstić information content (AvgIpc) is 3.43. The zero-order chi connectivity index (χ0) is 27.1. The Morgan fingerprint density at radius 1 is 0.947 bits per heavy atom. The van der Waals surface area contributed by atoms with Crippen LogP contribution in [0.3, 0.4) is 0 Å². The second-order valence-corrected chi connectivity index (χ2v) is 9.15. The number of phenolic OH excluding ortho intramolecular Hbond substituents is 1. The molecule has 1 aromatic heterocycles. The maximum absolute atomic E-state index is 13.3. The fourth-order valence-corrected chi connectivity index (χ4v) is 3.71. The minimum Gasteiger partial charge on any atom is -0.507 e. The van der Waals surface area contributed by atoms with E-state index in [0.717, 1.165) is 11.1 Å². The Balaban J connectivity index is 1.55. The first-order valence-corrected chi connectivity index (χ1v) is 12.1. The van der Waals surface area contributed by atoms with Gasteiger partial charge in [0.25, 0.3) is 0 Å². The summed E-state index contributed by atoms with van der Waals surface area (Å²) < 4.78 is 11.7. The number of hydrogen-bond acceptors (Lipinski definition) is 8. The molecule has 3 aromatic carbocycles. The molecule has 0 fully saturated rings. The number of nitrogens with zero attached hydrogens (tertiary/aromatic N) is 3. The summed E-state index contributed by atoms with van der Waals surface area (Å²) in [6.07, 6.45) is 0.937. The molecule has 0 saturated heterocycles. The third-order valence-electron chi connectivity index (χ3n) is 5.72. The number of aromatic carboxylic acids is 1. The number of aromatic hydroxyl groups is 1. The predicted molar refractivity (Wildman–Crippen MR) is 138 cm³/mol. The Bertz CT molecular complexity index is 1400. The maximum atomic E-state index is 13.3. The molecule has 0 amide bonds. The Hall–Kier alpha value is -4.73. The van der Waals surface area contributed by atoms with Gasteiger partial charge in [0.1, 0.15) is 23.9 Å². The van der Waals surface area contributed by atoms with Crippen LogP contribution >= 0.6 is 0 Å². The Labute approximate surface area is 219 Å². The lowest BCUT2D eigenvalue weighted by atomic mass is 9.98. The number of carboxylic acids is 1. The number of ketones is 1. The first-order valence-electron chi connectivity index (χ1n) is 12.1. The molecule has 0 aliphatic rings. The molecule has 0 bridgehead atoms. The highest BCUT2D eigenvalue weighted by molar-refractivity contribution is 6.11. The zero-order valence-electron chi connectivity index (χ0n) is 21.0. The normalized spacial score (nSPS) is 10.9. The topological polar surface area (TPSA) is 148 Å². The summed E-state index contributed by atoms with van der Waals surface area (Å²) in [6, 6.07) is 16.2. The minimum absolute atomic E-state index is 0.158. The minimum atomic E-state index is -0.995. The third-order valence-corrected chi connectivity index (χ3v) is 5.72. The van der Waals surface area contributed by atoms with Gasteiger partial charge in [0.15, 0.2) is 11.6 Å². The number of tetrazole rings is 1. The number of aryl methyl sites for hydroxylation is 2. The van der Waals surface area contributed by atoms with E-state index in [0.29, 0.717) is 48.3 Å². The van der Waals surface area contributed by atoms with E-state index in [9.17, 15) is 14.7 Å². The number of hydrogen-bond donors (Lipinski definition) is 3. The molecule has 0 spiro atoms. The summed E-state index contributed by atoms with van der Waals surface area (Å²) in [6.45, 7) is 4.76. The molecule has 4 rings (SSSR count). The van der Waals surface area contributed by atoms with E-state index in [2.05, 4.69) is 20.6 Å². The number of aromatic amines is 1. The van der Waals surface area contributed by atoms with Crippen LogP contribution < -0.4 is 9.47 Å². The van der Waals surface area contributed by atoms with E-state index < -0.39 is 5.97 Å². The van der Waals surface area contributed by atoms with Crippen molar-refractivity contribution in [2.75, 3.05) is 6.61 Å². The summed E-state index contributed by atoms with van der Waals surface area (Å²) in [5.74, 6) is 0.415. The lowest BCUT2D eigenvalue weighted by Crippen LogP contribution is -2.07. The summed E-state index contributed by atoms with van der Waals surface area (Å²) in [7, 11) is 0. The average molecular weight is 517 g/mol. The molecule has 0 unspecified atom stereocenters. The van der Waals surface area contributed by atoms with Crippen molar-refractivity contribution in [3.05, 3.63) is 94.3 Å². The molecule has 3 N–H and O–H groups in total. The fraction of sp³-hybridized carbons (Fsp3) is 0.250. The molecule has 38 heavy (non-hydrogen) atoms. The third kappa shape index (κ3) is 6.73. The number of aromatic nitrogens is 4. The SMILES string of the molecule is CC(C)COc1ccc(C(=O)c2ccc(OCc3ccc(C(=O)O)cc3)c(CCc3nn[nH]n3)c2)c(O)c1. The number of ether oxygens (including phenoxy) is 2. The van der Waals surface area contributed by atoms with E-state index in [1.807, 2.05) is 13.8 Å². The Morgan fingerprint density at radius 3 is 2.37 bits per heavy atom. The zero-order valence-corrected chi connectivity index (χ0v) is 21.0. The van der Waals surface area contributed by atoms with Crippen LogP contribution in [0.15, 0.2) is 60.7 Å². The fourth-order valence-electron chi connectivity index (χ4n) is 3.71. The summed E-state index contributed by atoms with van der Waals surface area (Å²) in [4.78, 5) is 24.4. The predicted octanol–water partition coefficient (Wildman–Crippen LogP) is 4.23. The molecule has 10 nitrogen and oxygen atoms in total. The van der Waals surface area contributed by atoms with Crippen LogP contribution in [0.1, 0.15) is 57.1 Å². The van der Waals surface area contributed by atoms with E-state index in [4.69, 9.17) is 14.6 Å². The second kappa shape index (κ2) is 12.0. The number of nitrogens with one attached hydrogen (secondary N) is 1. The van der Waals surface area contributed by atoms with Gasteiger partial charge < -0.3 is 19.7 Å². The van der Waals surface area contributed by atoms with Gasteiger partial charge in [-0.3, -0.25) is 4.79 Å². The first-order chi connectivity index (χ1) is 18.3. The van der Waals surface area contributed by atoms with Crippen molar-refractivity contribution in [1.29, 1.82) is 0 Å². The lowest BCUT2D eigenvalue weighted by molar-refractivity contribution is 0.0696. The van der Waals surface area contributed by atoms with Crippen LogP contribution in [-0.2, 0) is 19.4 Å². The Kier molecular flexibility index (Phi) is 8.32. The van der Waals surface area contributed by atoms with Crippen LogP contribution in [0.4, 0.5) is 0 Å². The largest absolute Gasteiger partial charge is 0.507 e. The number of carboxylic acid groups (broad SMARTS) is 1. The van der Waals surface area contributed by atoms with Crippen molar-refractivity contribution in [3.63, 3.8) is 0 Å². The highest BCUT2D eigenvalue weighted by Gasteiger charge is 2.17. The van der Waals surface area contributed by atoms with Gasteiger partial charge in [0.05, 0.1) is 17.7 Å². The van der Waals surface area contributed by atoms with Crippen molar-refractivity contribution < 1.29 is 29.3 Å². The summed E-state index contributed by atoms with van der Waals surface area (Å²) in [5.41, 5.74) is 2.29. The molecule has 1 heterocycles. The molecule has 196 valence electrons. The van der Waals surface area contributed by atoms with Gasteiger partial charge in [0.2, 0.25) is 0 Å². The van der Waals surface area contributed by atoms with Crippen LogP contribution in [0.2, 0.25) is 0 Å². The van der Waals surface area contributed by atoms with Crippen LogP contribution in [0.25, 0.3) is 0 Å². The molecule has 0 radical (unpaired) electrons. The van der Waals surface area contributed by atoms with Crippen molar-refractivity contribution in [2.45, 2.75) is 33.3 Å². The van der Waals surface area contributed by atoms with E-state index in [-0.39, 0.29) is 29.3 Å². The lowest BCUT2D eigenvalue weighted by Gasteiger charge is -2.14. The molecule has 10 heteroatoms. The standard InChI is InChI=1S/C28H28N4O6/c1-17(2)15-37-22-9-10-23(24(33)14-22)27(34)21-7-11-25(20(13-21)8-12-26-29-31-32-30-26)38-16-18-3-5-19(6-4-18)28(35)36/h3-7,9-11,13-14,17,33H,8,12,15-16H2,1-2H3,(H,35,36)(H,29,30,31,32). The number of rotatable bonds is 12. The highest BCUT2D eigenvalue weighted by atomic mass is 16.5. The maximum Gasteiger partial charge on any atom is 0.335 e. The number of carbonyl (C=O) groups is 2. The Morgan fingerprint density at radius 2 is 1.71 bits per heavy atom. The van der Waals surface area contributed by atoms with Crippen molar-refractivity contribution >= 4 is 11.8 Å². The molecule has 0 aliphatic heterocycles. The monoisotopic (exact) mass is 516 g/mol. The van der Waals surface area contributed by atoms with Crippen LogP contribution in [0, 0.1) is 5.92 Å². The van der Waals surface area contributed by atoms with Crippen LogP contribution in [-0.4, -0.2) is 49.2 Å². The van der Waals surface area contributed by atoms with Crippen LogP contribution in [0.5, 0.6) is 17.2 Å². The van der Waals surface area contributed by atoms with Gasteiger partial charge in [0, 0.05) is 18.1 Å². The smallest absolute Gasteiger partial charge is 0.335 e. The van der Waals surface area contributed by atoms with Crippen molar-refractivity contribution in [3.8, 4) is 17.2 Å². The van der Waals surface area contributed by atoms with Crippen molar-refractivity contribution in [2.24, 2.45) is 5.92 Å². The number of carbonyl (C=O) groups excluding carboxylic acids is 1. The van der Waals surface area contributed by atoms with E-state index >= 15 is 0 Å². The van der Waals surface area contributed by atoms with E-state index in [1.54, 1.807) is 42.5 Å². The molecule has 0 atom stereocenters. The van der Waals surface area contributed by atoms with Gasteiger partial charge in [-0.15, -0.1) is 10.2 Å².